The van der Waals surface area contributed by atoms with Crippen molar-refractivity contribution in [1.82, 2.24) is 9.55 Å². The van der Waals surface area contributed by atoms with Gasteiger partial charge in [0.1, 0.15) is 5.01 Å². The molecular formula is C12H12N2O3S. The standard InChI is InChI=1S/C12H12N2O3S/c1-8(11-13-4-6-18-11)17-12(16)9-3-5-14(2)10(15)7-9/h3-8H,1-2H3/t8-/m0/s1. The van der Waals surface area contributed by atoms with Crippen molar-refractivity contribution >= 4 is 17.3 Å². The molecule has 1 atom stereocenters. The predicted molar refractivity (Wildman–Crippen MR) is 67.6 cm³/mol. The maximum absolute atomic E-state index is 11.8. The van der Waals surface area contributed by atoms with E-state index in [1.165, 1.54) is 28.2 Å². The molecule has 0 saturated carbocycles. The van der Waals surface area contributed by atoms with Crippen LogP contribution in [0.2, 0.25) is 0 Å². The Kier molecular flexibility index (Phi) is 3.57. The molecular weight excluding hydrogens is 252 g/mol. The molecule has 0 aliphatic heterocycles. The zero-order valence-corrected chi connectivity index (χ0v) is 10.8. The summed E-state index contributed by atoms with van der Waals surface area (Å²) in [6.07, 6.45) is 2.77. The first kappa shape index (κ1) is 12.5. The molecule has 0 amide bonds. The molecule has 0 radical (unpaired) electrons. The third-order valence-electron chi connectivity index (χ3n) is 2.42. The van der Waals surface area contributed by atoms with Gasteiger partial charge in [-0.15, -0.1) is 11.3 Å². The van der Waals surface area contributed by atoms with Crippen LogP contribution in [-0.2, 0) is 11.8 Å². The average molecular weight is 264 g/mol. The summed E-state index contributed by atoms with van der Waals surface area (Å²) in [7, 11) is 1.62. The van der Waals surface area contributed by atoms with Gasteiger partial charge >= 0.3 is 5.97 Å². The van der Waals surface area contributed by atoms with Gasteiger partial charge in [0.05, 0.1) is 5.56 Å². The van der Waals surface area contributed by atoms with E-state index in [0.29, 0.717) is 0 Å². The number of nitrogens with zero attached hydrogens (tertiary/aromatic N) is 2. The number of rotatable bonds is 3. The first-order chi connectivity index (χ1) is 8.58. The predicted octanol–water partition coefficient (Wildman–Crippen LogP) is 1.76. The molecule has 0 aromatic carbocycles. The Balaban J connectivity index is 2.12. The fourth-order valence-corrected chi connectivity index (χ4v) is 2.01. The van der Waals surface area contributed by atoms with E-state index in [1.54, 1.807) is 26.2 Å². The number of aromatic nitrogens is 2. The number of thiazole rings is 1. The van der Waals surface area contributed by atoms with Crippen LogP contribution in [0.1, 0.15) is 28.4 Å². The molecule has 0 aliphatic carbocycles. The van der Waals surface area contributed by atoms with Crippen molar-refractivity contribution in [3.05, 3.63) is 50.8 Å². The number of ether oxygens (including phenoxy) is 1. The van der Waals surface area contributed by atoms with E-state index in [0.717, 1.165) is 5.01 Å². The van der Waals surface area contributed by atoms with E-state index in [-0.39, 0.29) is 11.1 Å². The van der Waals surface area contributed by atoms with Crippen LogP contribution in [0.5, 0.6) is 0 Å². The van der Waals surface area contributed by atoms with Gasteiger partial charge in [-0.05, 0) is 13.0 Å². The summed E-state index contributed by atoms with van der Waals surface area (Å²) in [5, 5.41) is 2.55. The number of carbonyl (C=O) groups is 1. The molecule has 94 valence electrons. The first-order valence-electron chi connectivity index (χ1n) is 5.35. The van der Waals surface area contributed by atoms with Crippen molar-refractivity contribution in [2.75, 3.05) is 0 Å². The third-order valence-corrected chi connectivity index (χ3v) is 3.36. The number of aryl methyl sites for hydroxylation is 1. The van der Waals surface area contributed by atoms with Gasteiger partial charge in [-0.1, -0.05) is 0 Å². The van der Waals surface area contributed by atoms with Crippen molar-refractivity contribution in [1.29, 1.82) is 0 Å². The van der Waals surface area contributed by atoms with E-state index in [9.17, 15) is 9.59 Å². The van der Waals surface area contributed by atoms with Crippen LogP contribution in [-0.4, -0.2) is 15.5 Å². The number of hydrogen-bond donors (Lipinski definition) is 0. The Morgan fingerprint density at radius 2 is 2.33 bits per heavy atom. The second-order valence-electron chi connectivity index (χ2n) is 3.78. The molecule has 0 unspecified atom stereocenters. The summed E-state index contributed by atoms with van der Waals surface area (Å²) < 4.78 is 6.63. The van der Waals surface area contributed by atoms with Crippen molar-refractivity contribution < 1.29 is 9.53 Å². The lowest BCUT2D eigenvalue weighted by Gasteiger charge is -2.10. The molecule has 2 heterocycles. The Labute approximate surface area is 108 Å². The second kappa shape index (κ2) is 5.14. The number of hydrogen-bond acceptors (Lipinski definition) is 5. The lowest BCUT2D eigenvalue weighted by Crippen LogP contribution is -2.18. The van der Waals surface area contributed by atoms with Crippen LogP contribution < -0.4 is 5.56 Å². The maximum Gasteiger partial charge on any atom is 0.339 e. The lowest BCUT2D eigenvalue weighted by molar-refractivity contribution is 0.0337. The van der Waals surface area contributed by atoms with Crippen molar-refractivity contribution in [3.63, 3.8) is 0 Å². The molecule has 0 bridgehead atoms. The van der Waals surface area contributed by atoms with E-state index in [1.807, 2.05) is 5.38 Å². The summed E-state index contributed by atoms with van der Waals surface area (Å²) in [6, 6.07) is 2.81. The van der Waals surface area contributed by atoms with Crippen LogP contribution in [0.25, 0.3) is 0 Å². The van der Waals surface area contributed by atoms with E-state index >= 15 is 0 Å². The molecule has 2 aromatic heterocycles. The highest BCUT2D eigenvalue weighted by Crippen LogP contribution is 2.19. The zero-order valence-electron chi connectivity index (χ0n) is 9.99. The maximum atomic E-state index is 11.8. The Hall–Kier alpha value is -1.95. The van der Waals surface area contributed by atoms with Gasteiger partial charge in [-0.25, -0.2) is 9.78 Å². The summed E-state index contributed by atoms with van der Waals surface area (Å²) in [6.45, 7) is 1.75. The first-order valence-corrected chi connectivity index (χ1v) is 6.23. The van der Waals surface area contributed by atoms with E-state index in [2.05, 4.69) is 4.98 Å². The third kappa shape index (κ3) is 2.65. The molecule has 0 fully saturated rings. The topological polar surface area (TPSA) is 61.2 Å². The van der Waals surface area contributed by atoms with Gasteiger partial charge in [0.15, 0.2) is 6.10 Å². The molecule has 0 spiro atoms. The van der Waals surface area contributed by atoms with Crippen LogP contribution in [0.4, 0.5) is 0 Å². The van der Waals surface area contributed by atoms with Gasteiger partial charge in [0.2, 0.25) is 0 Å². The van der Waals surface area contributed by atoms with Crippen LogP contribution in [0, 0.1) is 0 Å². The molecule has 0 aliphatic rings. The molecule has 2 aromatic rings. The number of esters is 1. The fraction of sp³-hybridized carbons (Fsp3) is 0.250. The van der Waals surface area contributed by atoms with Crippen LogP contribution in [0.15, 0.2) is 34.7 Å². The highest BCUT2D eigenvalue weighted by atomic mass is 32.1. The quantitative estimate of drug-likeness (QED) is 0.792. The van der Waals surface area contributed by atoms with Crippen molar-refractivity contribution in [2.45, 2.75) is 13.0 Å². The Morgan fingerprint density at radius 1 is 1.56 bits per heavy atom. The van der Waals surface area contributed by atoms with Crippen molar-refractivity contribution in [3.8, 4) is 0 Å². The Morgan fingerprint density at radius 3 is 2.94 bits per heavy atom. The largest absolute Gasteiger partial charge is 0.452 e. The lowest BCUT2D eigenvalue weighted by atomic mass is 10.2. The molecule has 0 N–H and O–H groups in total. The Bertz CT molecular complexity index is 604. The molecule has 18 heavy (non-hydrogen) atoms. The minimum absolute atomic E-state index is 0.244. The highest BCUT2D eigenvalue weighted by Gasteiger charge is 2.15. The summed E-state index contributed by atoms with van der Waals surface area (Å²) in [4.78, 5) is 27.3. The number of pyridine rings is 1. The summed E-state index contributed by atoms with van der Waals surface area (Å²) in [5.41, 5.74) is 0.00728. The summed E-state index contributed by atoms with van der Waals surface area (Å²) >= 11 is 1.42. The van der Waals surface area contributed by atoms with E-state index < -0.39 is 12.1 Å². The van der Waals surface area contributed by atoms with Crippen LogP contribution in [0.3, 0.4) is 0 Å². The van der Waals surface area contributed by atoms with Crippen molar-refractivity contribution in [2.24, 2.45) is 7.05 Å². The monoisotopic (exact) mass is 264 g/mol. The summed E-state index contributed by atoms with van der Waals surface area (Å²) in [5.74, 6) is -0.518. The van der Waals surface area contributed by atoms with Gasteiger partial charge in [-0.3, -0.25) is 4.79 Å². The zero-order chi connectivity index (χ0) is 13.1. The van der Waals surface area contributed by atoms with Gasteiger partial charge in [0.25, 0.3) is 5.56 Å². The minimum Gasteiger partial charge on any atom is -0.452 e. The molecule has 2 rings (SSSR count). The SMILES string of the molecule is C[C@H](OC(=O)c1ccn(C)c(=O)c1)c1nccs1. The fourth-order valence-electron chi connectivity index (χ4n) is 1.39. The van der Waals surface area contributed by atoms with E-state index in [4.69, 9.17) is 4.74 Å². The minimum atomic E-state index is -0.518. The second-order valence-corrected chi connectivity index (χ2v) is 4.71. The normalized spacial score (nSPS) is 12.1. The average Bonchev–Trinajstić information content (AvgIpc) is 2.86. The highest BCUT2D eigenvalue weighted by molar-refractivity contribution is 7.09. The number of carbonyl (C=O) groups excluding carboxylic acids is 1. The van der Waals surface area contributed by atoms with Gasteiger partial charge in [-0.2, -0.15) is 0 Å². The molecule has 0 saturated heterocycles. The molecule has 6 heteroatoms. The van der Waals surface area contributed by atoms with Crippen LogP contribution >= 0.6 is 11.3 Å². The van der Waals surface area contributed by atoms with Gasteiger partial charge < -0.3 is 9.30 Å². The smallest absolute Gasteiger partial charge is 0.339 e. The molecule has 5 nitrogen and oxygen atoms in total. The van der Waals surface area contributed by atoms with Gasteiger partial charge in [0, 0.05) is 30.9 Å².